The van der Waals surface area contributed by atoms with E-state index in [9.17, 15) is 9.18 Å². The average Bonchev–Trinajstić information content (AvgIpc) is 2.37. The lowest BCUT2D eigenvalue weighted by molar-refractivity contribution is -0.100. The topological polar surface area (TPSA) is 38.8 Å². The number of rotatable bonds is 6. The molecule has 0 atom stereocenters. The van der Waals surface area contributed by atoms with Gasteiger partial charge in [-0.1, -0.05) is 12.7 Å². The summed E-state index contributed by atoms with van der Waals surface area (Å²) < 4.78 is 18.8. The molecule has 4 nitrogen and oxygen atoms in total. The summed E-state index contributed by atoms with van der Waals surface area (Å²) in [4.78, 5) is 16.9. The molecule has 0 spiro atoms. The summed E-state index contributed by atoms with van der Waals surface area (Å²) in [5.41, 5.74) is -0.0903. The second-order valence-electron chi connectivity index (χ2n) is 3.46. The van der Waals surface area contributed by atoms with Crippen LogP contribution < -0.4 is 4.74 Å². The second kappa shape index (κ2) is 6.76. The first-order chi connectivity index (χ1) is 8.60. The first-order valence-electron chi connectivity index (χ1n) is 5.54. The molecule has 0 aliphatic rings. The van der Waals surface area contributed by atoms with E-state index >= 15 is 0 Å². The van der Waals surface area contributed by atoms with E-state index in [1.807, 2.05) is 0 Å². The van der Waals surface area contributed by atoms with Gasteiger partial charge in [-0.15, -0.1) is 0 Å². The zero-order valence-electron chi connectivity index (χ0n) is 10.5. The molecule has 0 saturated carbocycles. The number of carbonyl (C=O) groups excluding carboxylic acids is 1. The quantitative estimate of drug-likeness (QED) is 0.577. The maximum atomic E-state index is 13.6. The van der Waals surface area contributed by atoms with Crippen LogP contribution in [-0.2, 0) is 4.84 Å². The Bertz CT molecular complexity index is 434. The SMILES string of the molecule is C=CCOc1ccc(F)c(C(=O)N(C)OCC)c1. The standard InChI is InChI=1S/C13H16FNO3/c1-4-8-17-10-6-7-12(14)11(9-10)13(16)15(3)18-5-2/h4,6-7,9H,1,5,8H2,2-3H3. The van der Waals surface area contributed by atoms with Crippen LogP contribution in [0.25, 0.3) is 0 Å². The minimum absolute atomic E-state index is 0.0903. The van der Waals surface area contributed by atoms with Gasteiger partial charge in [-0.05, 0) is 25.1 Å². The maximum Gasteiger partial charge on any atom is 0.280 e. The Morgan fingerprint density at radius 1 is 1.56 bits per heavy atom. The molecule has 1 amide bonds. The number of hydrogen-bond donors (Lipinski definition) is 0. The summed E-state index contributed by atoms with van der Waals surface area (Å²) >= 11 is 0. The monoisotopic (exact) mass is 253 g/mol. The molecule has 0 aromatic heterocycles. The zero-order valence-corrected chi connectivity index (χ0v) is 10.5. The summed E-state index contributed by atoms with van der Waals surface area (Å²) in [6, 6.07) is 3.98. The van der Waals surface area contributed by atoms with Crippen molar-refractivity contribution in [1.82, 2.24) is 5.06 Å². The molecule has 18 heavy (non-hydrogen) atoms. The number of nitrogens with zero attached hydrogens (tertiary/aromatic N) is 1. The van der Waals surface area contributed by atoms with Crippen molar-refractivity contribution < 1.29 is 18.8 Å². The average molecular weight is 253 g/mol. The van der Waals surface area contributed by atoms with Crippen molar-refractivity contribution >= 4 is 5.91 Å². The molecule has 1 rings (SSSR count). The number of benzene rings is 1. The molecule has 0 heterocycles. The summed E-state index contributed by atoms with van der Waals surface area (Å²) in [6.07, 6.45) is 1.57. The number of hydrogen-bond acceptors (Lipinski definition) is 3. The molecule has 0 unspecified atom stereocenters. The van der Waals surface area contributed by atoms with E-state index in [4.69, 9.17) is 9.57 Å². The maximum absolute atomic E-state index is 13.6. The first-order valence-corrected chi connectivity index (χ1v) is 5.54. The van der Waals surface area contributed by atoms with Crippen LogP contribution in [-0.4, -0.2) is 31.2 Å². The van der Waals surface area contributed by atoms with Crippen LogP contribution in [0.3, 0.4) is 0 Å². The Morgan fingerprint density at radius 3 is 2.89 bits per heavy atom. The van der Waals surface area contributed by atoms with Crippen LogP contribution in [0.2, 0.25) is 0 Å². The number of carbonyl (C=O) groups is 1. The Balaban J connectivity index is 2.92. The van der Waals surface area contributed by atoms with Gasteiger partial charge in [0.1, 0.15) is 18.2 Å². The number of ether oxygens (including phenoxy) is 1. The molecule has 0 saturated heterocycles. The summed E-state index contributed by atoms with van der Waals surface area (Å²) in [7, 11) is 1.43. The van der Waals surface area contributed by atoms with E-state index in [-0.39, 0.29) is 5.56 Å². The van der Waals surface area contributed by atoms with Crippen molar-refractivity contribution in [1.29, 1.82) is 0 Å². The Kier molecular flexibility index (Phi) is 5.32. The van der Waals surface area contributed by atoms with Crippen molar-refractivity contribution in [3.63, 3.8) is 0 Å². The lowest BCUT2D eigenvalue weighted by Gasteiger charge is -2.16. The van der Waals surface area contributed by atoms with Crippen LogP contribution in [0.5, 0.6) is 5.75 Å². The molecule has 0 N–H and O–H groups in total. The van der Waals surface area contributed by atoms with Crippen LogP contribution in [0.4, 0.5) is 4.39 Å². The van der Waals surface area contributed by atoms with Gasteiger partial charge in [-0.25, -0.2) is 9.45 Å². The summed E-state index contributed by atoms with van der Waals surface area (Å²) in [5, 5.41) is 0.996. The largest absolute Gasteiger partial charge is 0.490 e. The molecule has 0 aliphatic heterocycles. The smallest absolute Gasteiger partial charge is 0.280 e. The molecular weight excluding hydrogens is 237 g/mol. The van der Waals surface area contributed by atoms with Crippen molar-refractivity contribution in [2.24, 2.45) is 0 Å². The Labute approximate surface area is 106 Å². The third-order valence-corrected chi connectivity index (χ3v) is 2.14. The molecule has 0 bridgehead atoms. The number of halogens is 1. The normalized spacial score (nSPS) is 9.94. The van der Waals surface area contributed by atoms with Gasteiger partial charge < -0.3 is 4.74 Å². The van der Waals surface area contributed by atoms with Gasteiger partial charge >= 0.3 is 0 Å². The fourth-order valence-corrected chi connectivity index (χ4v) is 1.34. The molecule has 5 heteroatoms. The molecule has 1 aromatic rings. The molecule has 1 aromatic carbocycles. The number of amides is 1. The van der Waals surface area contributed by atoms with Crippen molar-refractivity contribution in [2.45, 2.75) is 6.92 Å². The van der Waals surface area contributed by atoms with Crippen LogP contribution in [0, 0.1) is 5.82 Å². The highest BCUT2D eigenvalue weighted by Crippen LogP contribution is 2.18. The lowest BCUT2D eigenvalue weighted by Crippen LogP contribution is -2.27. The minimum Gasteiger partial charge on any atom is -0.490 e. The van der Waals surface area contributed by atoms with E-state index in [1.54, 1.807) is 13.0 Å². The second-order valence-corrected chi connectivity index (χ2v) is 3.46. The van der Waals surface area contributed by atoms with Gasteiger partial charge in [0.15, 0.2) is 0 Å². The van der Waals surface area contributed by atoms with E-state index in [0.29, 0.717) is 19.0 Å². The van der Waals surface area contributed by atoms with Gasteiger partial charge in [0, 0.05) is 7.05 Å². The lowest BCUT2D eigenvalue weighted by atomic mass is 10.2. The molecule has 0 radical (unpaired) electrons. The van der Waals surface area contributed by atoms with Gasteiger partial charge in [0.2, 0.25) is 0 Å². The highest BCUT2D eigenvalue weighted by atomic mass is 19.1. The van der Waals surface area contributed by atoms with E-state index in [1.165, 1.54) is 25.2 Å². The number of hydroxylamine groups is 2. The van der Waals surface area contributed by atoms with Gasteiger partial charge in [-0.2, -0.15) is 0 Å². The van der Waals surface area contributed by atoms with Gasteiger partial charge in [-0.3, -0.25) is 9.63 Å². The first kappa shape index (κ1) is 14.2. The molecular formula is C13H16FNO3. The molecule has 0 fully saturated rings. The predicted molar refractivity (Wildman–Crippen MR) is 65.8 cm³/mol. The van der Waals surface area contributed by atoms with E-state index in [0.717, 1.165) is 5.06 Å². The third-order valence-electron chi connectivity index (χ3n) is 2.14. The van der Waals surface area contributed by atoms with E-state index in [2.05, 4.69) is 6.58 Å². The fourth-order valence-electron chi connectivity index (χ4n) is 1.34. The fraction of sp³-hybridized carbons (Fsp3) is 0.308. The highest BCUT2D eigenvalue weighted by Gasteiger charge is 2.17. The predicted octanol–water partition coefficient (Wildman–Crippen LogP) is 2.41. The van der Waals surface area contributed by atoms with Crippen molar-refractivity contribution in [2.75, 3.05) is 20.3 Å². The Morgan fingerprint density at radius 2 is 2.28 bits per heavy atom. The minimum atomic E-state index is -0.613. The van der Waals surface area contributed by atoms with Crippen LogP contribution in [0.15, 0.2) is 30.9 Å². The summed E-state index contributed by atoms with van der Waals surface area (Å²) in [6.45, 7) is 5.87. The zero-order chi connectivity index (χ0) is 13.5. The van der Waals surface area contributed by atoms with Gasteiger partial charge in [0.05, 0.1) is 12.2 Å². The Hall–Kier alpha value is -1.88. The van der Waals surface area contributed by atoms with E-state index < -0.39 is 11.7 Å². The van der Waals surface area contributed by atoms with Crippen molar-refractivity contribution in [3.05, 3.63) is 42.2 Å². The summed E-state index contributed by atoms with van der Waals surface area (Å²) in [5.74, 6) is -0.763. The van der Waals surface area contributed by atoms with Crippen LogP contribution >= 0.6 is 0 Å². The highest BCUT2D eigenvalue weighted by molar-refractivity contribution is 5.94. The third kappa shape index (κ3) is 3.56. The van der Waals surface area contributed by atoms with Crippen LogP contribution in [0.1, 0.15) is 17.3 Å². The van der Waals surface area contributed by atoms with Crippen molar-refractivity contribution in [3.8, 4) is 5.75 Å². The molecule has 98 valence electrons. The molecule has 0 aliphatic carbocycles. The van der Waals surface area contributed by atoms with Gasteiger partial charge in [0.25, 0.3) is 5.91 Å².